The van der Waals surface area contributed by atoms with Crippen LogP contribution in [0, 0.1) is 0 Å². The van der Waals surface area contributed by atoms with Gasteiger partial charge in [0, 0.05) is 10.4 Å². The molecule has 0 aliphatic heterocycles. The lowest BCUT2D eigenvalue weighted by molar-refractivity contribution is -0.115. The normalized spacial score (nSPS) is 10.2. The molecule has 29 heavy (non-hydrogen) atoms. The van der Waals surface area contributed by atoms with Gasteiger partial charge in [0.25, 0.3) is 5.91 Å². The van der Waals surface area contributed by atoms with Crippen molar-refractivity contribution in [3.63, 3.8) is 0 Å². The predicted octanol–water partition coefficient (Wildman–Crippen LogP) is 3.96. The number of thiophene rings is 1. The first-order valence-electron chi connectivity index (χ1n) is 9.08. The summed E-state index contributed by atoms with van der Waals surface area (Å²) in [5.41, 5.74) is 1.69. The van der Waals surface area contributed by atoms with Crippen molar-refractivity contribution in [2.45, 2.75) is 6.92 Å². The van der Waals surface area contributed by atoms with Gasteiger partial charge in [0.15, 0.2) is 0 Å². The summed E-state index contributed by atoms with van der Waals surface area (Å²) in [7, 11) is 0. The Bertz CT molecular complexity index is 1000. The zero-order valence-electron chi connectivity index (χ0n) is 15.8. The number of benzene rings is 2. The second-order valence-electron chi connectivity index (χ2n) is 6.04. The molecule has 0 spiro atoms. The third kappa shape index (κ3) is 5.30. The van der Waals surface area contributed by atoms with E-state index < -0.39 is 11.9 Å². The van der Waals surface area contributed by atoms with Crippen LogP contribution in [-0.4, -0.2) is 30.9 Å². The molecule has 6 nitrogen and oxygen atoms in total. The minimum absolute atomic E-state index is 0.214. The first-order chi connectivity index (χ1) is 14.1. The Balaban J connectivity index is 1.73. The molecule has 1 heterocycles. The molecule has 0 bridgehead atoms. The van der Waals surface area contributed by atoms with Crippen LogP contribution in [0.15, 0.2) is 66.7 Å². The summed E-state index contributed by atoms with van der Waals surface area (Å²) in [6, 6.07) is 19.9. The molecule has 0 saturated carbocycles. The molecule has 7 heteroatoms. The molecule has 0 radical (unpaired) electrons. The van der Waals surface area contributed by atoms with Crippen molar-refractivity contribution in [3.8, 4) is 10.4 Å². The zero-order valence-corrected chi connectivity index (χ0v) is 16.6. The molecule has 0 fully saturated rings. The summed E-state index contributed by atoms with van der Waals surface area (Å²) in [5, 5.41) is 5.67. The highest BCUT2D eigenvalue weighted by atomic mass is 32.1. The van der Waals surface area contributed by atoms with Crippen LogP contribution >= 0.6 is 11.3 Å². The van der Waals surface area contributed by atoms with E-state index in [2.05, 4.69) is 10.6 Å². The number of esters is 1. The van der Waals surface area contributed by atoms with Crippen molar-refractivity contribution in [3.05, 3.63) is 77.9 Å². The van der Waals surface area contributed by atoms with Crippen LogP contribution in [0.2, 0.25) is 0 Å². The monoisotopic (exact) mass is 408 g/mol. The fraction of sp³-hybridized carbons (Fsp3) is 0.136. The van der Waals surface area contributed by atoms with E-state index in [0.29, 0.717) is 16.1 Å². The molecule has 0 atom stereocenters. The number of amides is 2. The topological polar surface area (TPSA) is 84.5 Å². The van der Waals surface area contributed by atoms with E-state index in [9.17, 15) is 14.4 Å². The number of nitrogens with one attached hydrogen (secondary N) is 2. The van der Waals surface area contributed by atoms with E-state index in [1.54, 1.807) is 37.3 Å². The number of hydrogen-bond acceptors (Lipinski definition) is 5. The summed E-state index contributed by atoms with van der Waals surface area (Å²) in [4.78, 5) is 37.6. The first-order valence-corrected chi connectivity index (χ1v) is 9.89. The second-order valence-corrected chi connectivity index (χ2v) is 7.09. The molecule has 0 saturated heterocycles. The van der Waals surface area contributed by atoms with Crippen LogP contribution in [0.5, 0.6) is 0 Å². The molecule has 2 aromatic carbocycles. The predicted molar refractivity (Wildman–Crippen MR) is 113 cm³/mol. The maximum atomic E-state index is 12.4. The SMILES string of the molecule is CCOC(=O)c1cc(-c2ccccc2)sc1NC(=O)CNC(=O)c1ccccc1. The van der Waals surface area contributed by atoms with E-state index in [0.717, 1.165) is 10.4 Å². The highest BCUT2D eigenvalue weighted by Gasteiger charge is 2.20. The van der Waals surface area contributed by atoms with Crippen molar-refractivity contribution in [2.24, 2.45) is 0 Å². The summed E-state index contributed by atoms with van der Waals surface area (Å²) in [6.07, 6.45) is 0. The van der Waals surface area contributed by atoms with Crippen LogP contribution in [0.25, 0.3) is 10.4 Å². The van der Waals surface area contributed by atoms with Crippen LogP contribution in [0.1, 0.15) is 27.6 Å². The van der Waals surface area contributed by atoms with Gasteiger partial charge >= 0.3 is 5.97 Å². The minimum atomic E-state index is -0.505. The Hall–Kier alpha value is -3.45. The van der Waals surface area contributed by atoms with Gasteiger partial charge in [-0.15, -0.1) is 11.3 Å². The van der Waals surface area contributed by atoms with Gasteiger partial charge < -0.3 is 15.4 Å². The third-order valence-corrected chi connectivity index (χ3v) is 5.08. The summed E-state index contributed by atoms with van der Waals surface area (Å²) < 4.78 is 5.10. The van der Waals surface area contributed by atoms with Crippen LogP contribution < -0.4 is 10.6 Å². The van der Waals surface area contributed by atoms with Gasteiger partial charge in [-0.2, -0.15) is 0 Å². The summed E-state index contributed by atoms with van der Waals surface area (Å²) in [6.45, 7) is 1.74. The molecule has 148 valence electrons. The molecular formula is C22H20N2O4S. The molecule has 0 unspecified atom stereocenters. The summed E-state index contributed by atoms with van der Waals surface area (Å²) in [5.74, 6) is -1.28. The number of ether oxygens (including phenoxy) is 1. The van der Waals surface area contributed by atoms with Crippen molar-refractivity contribution in [1.82, 2.24) is 5.32 Å². The fourth-order valence-electron chi connectivity index (χ4n) is 2.61. The Labute approximate surface area is 172 Å². The number of rotatable bonds is 7. The van der Waals surface area contributed by atoms with Crippen molar-refractivity contribution in [1.29, 1.82) is 0 Å². The van der Waals surface area contributed by atoms with E-state index in [-0.39, 0.29) is 19.1 Å². The number of hydrogen-bond donors (Lipinski definition) is 2. The van der Waals surface area contributed by atoms with Gasteiger partial charge in [-0.1, -0.05) is 48.5 Å². The Morgan fingerprint density at radius 2 is 1.62 bits per heavy atom. The smallest absolute Gasteiger partial charge is 0.341 e. The number of carbonyl (C=O) groups excluding carboxylic acids is 3. The van der Waals surface area contributed by atoms with Gasteiger partial charge in [0.2, 0.25) is 5.91 Å². The van der Waals surface area contributed by atoms with E-state index in [1.807, 2.05) is 36.4 Å². The van der Waals surface area contributed by atoms with E-state index >= 15 is 0 Å². The molecule has 2 amide bonds. The fourth-order valence-corrected chi connectivity index (χ4v) is 3.68. The van der Waals surface area contributed by atoms with Crippen LogP contribution in [0.4, 0.5) is 5.00 Å². The largest absolute Gasteiger partial charge is 0.462 e. The van der Waals surface area contributed by atoms with Gasteiger partial charge in [-0.3, -0.25) is 9.59 Å². The molecule has 1 aromatic heterocycles. The molecular weight excluding hydrogens is 388 g/mol. The van der Waals surface area contributed by atoms with Gasteiger partial charge in [-0.05, 0) is 30.7 Å². The number of carbonyl (C=O) groups is 3. The lowest BCUT2D eigenvalue weighted by Crippen LogP contribution is -2.32. The Morgan fingerprint density at radius 1 is 0.966 bits per heavy atom. The first kappa shape index (κ1) is 20.3. The molecule has 0 aliphatic carbocycles. The lowest BCUT2D eigenvalue weighted by atomic mass is 10.1. The standard InChI is InChI=1S/C22H20N2O4S/c1-2-28-22(27)17-13-18(15-9-5-3-6-10-15)29-21(17)24-19(25)14-23-20(26)16-11-7-4-8-12-16/h3-13H,2,14H2,1H3,(H,23,26)(H,24,25). The highest BCUT2D eigenvalue weighted by Crippen LogP contribution is 2.35. The Kier molecular flexibility index (Phi) is 6.76. The van der Waals surface area contributed by atoms with Crippen LogP contribution in [0.3, 0.4) is 0 Å². The quantitative estimate of drug-likeness (QED) is 0.580. The van der Waals surface area contributed by atoms with Gasteiger partial charge in [0.05, 0.1) is 18.7 Å². The Morgan fingerprint density at radius 3 is 2.28 bits per heavy atom. The minimum Gasteiger partial charge on any atom is -0.462 e. The number of anilines is 1. The zero-order chi connectivity index (χ0) is 20.6. The third-order valence-electron chi connectivity index (χ3n) is 3.98. The summed E-state index contributed by atoms with van der Waals surface area (Å²) >= 11 is 1.28. The van der Waals surface area contributed by atoms with Gasteiger partial charge in [-0.25, -0.2) is 4.79 Å². The van der Waals surface area contributed by atoms with Crippen molar-refractivity contribution in [2.75, 3.05) is 18.5 Å². The van der Waals surface area contributed by atoms with Crippen LogP contribution in [-0.2, 0) is 9.53 Å². The van der Waals surface area contributed by atoms with E-state index in [4.69, 9.17) is 4.74 Å². The average molecular weight is 408 g/mol. The maximum Gasteiger partial charge on any atom is 0.341 e. The van der Waals surface area contributed by atoms with Crippen molar-refractivity contribution >= 4 is 34.1 Å². The maximum absolute atomic E-state index is 12.4. The van der Waals surface area contributed by atoms with Crippen molar-refractivity contribution < 1.29 is 19.1 Å². The molecule has 3 rings (SSSR count). The highest BCUT2D eigenvalue weighted by molar-refractivity contribution is 7.20. The van der Waals surface area contributed by atoms with E-state index in [1.165, 1.54) is 11.3 Å². The molecule has 0 aliphatic rings. The second kappa shape index (κ2) is 9.66. The molecule has 3 aromatic rings. The molecule has 2 N–H and O–H groups in total. The lowest BCUT2D eigenvalue weighted by Gasteiger charge is -2.07. The average Bonchev–Trinajstić information content (AvgIpc) is 3.17. The van der Waals surface area contributed by atoms with Gasteiger partial charge in [0.1, 0.15) is 5.00 Å².